The van der Waals surface area contributed by atoms with Crippen LogP contribution in [-0.4, -0.2) is 37.0 Å². The van der Waals surface area contributed by atoms with Crippen LogP contribution in [0.2, 0.25) is 0 Å². The summed E-state index contributed by atoms with van der Waals surface area (Å²) in [5, 5.41) is 18.6. The summed E-state index contributed by atoms with van der Waals surface area (Å²) >= 11 is 0. The van der Waals surface area contributed by atoms with Gasteiger partial charge in [0.2, 0.25) is 5.91 Å². The van der Waals surface area contributed by atoms with E-state index in [0.717, 1.165) is 10.7 Å². The molecule has 2 aromatic rings. The number of aryl methyl sites for hydroxylation is 1. The zero-order valence-electron chi connectivity index (χ0n) is 10.6. The van der Waals surface area contributed by atoms with Crippen molar-refractivity contribution in [3.05, 3.63) is 23.8 Å². The number of anilines is 1. The number of carbonyl (C=O) groups excluding carboxylic acids is 1. The second kappa shape index (κ2) is 5.03. The van der Waals surface area contributed by atoms with E-state index in [1.54, 1.807) is 0 Å². The summed E-state index contributed by atoms with van der Waals surface area (Å²) in [6, 6.07) is 1.03. The number of carbonyl (C=O) groups is 2. The van der Waals surface area contributed by atoms with E-state index in [-0.39, 0.29) is 28.7 Å². The van der Waals surface area contributed by atoms with Crippen LogP contribution >= 0.6 is 0 Å². The lowest BCUT2D eigenvalue weighted by molar-refractivity contribution is -0.114. The highest BCUT2D eigenvalue weighted by Gasteiger charge is 2.23. The Morgan fingerprint density at radius 1 is 1.40 bits per heavy atom. The molecule has 9 heteroatoms. The third kappa shape index (κ3) is 2.46. The number of halogens is 1. The molecular weight excluding hydrogens is 269 g/mol. The van der Waals surface area contributed by atoms with E-state index in [4.69, 9.17) is 5.11 Å². The van der Waals surface area contributed by atoms with Crippen molar-refractivity contribution in [1.29, 1.82) is 0 Å². The molecule has 20 heavy (non-hydrogen) atoms. The van der Waals surface area contributed by atoms with Crippen LogP contribution in [-0.2, 0) is 11.8 Å². The molecule has 2 N–H and O–H groups in total. The first-order valence-electron chi connectivity index (χ1n) is 5.46. The third-order valence-corrected chi connectivity index (χ3v) is 2.42. The summed E-state index contributed by atoms with van der Waals surface area (Å²) in [6.45, 7) is 1.27. The van der Waals surface area contributed by atoms with Crippen molar-refractivity contribution in [2.45, 2.75) is 6.92 Å². The SMILES string of the molecule is CC(=O)Nc1cnc(-c2nnn(C)c2C(=O)O)c(F)c1. The number of carboxylic acid groups (broad SMARTS) is 1. The molecule has 0 fully saturated rings. The second-order valence-corrected chi connectivity index (χ2v) is 3.95. The highest BCUT2D eigenvalue weighted by Crippen LogP contribution is 2.23. The van der Waals surface area contributed by atoms with Crippen LogP contribution in [0.15, 0.2) is 12.3 Å². The Morgan fingerprint density at radius 3 is 2.65 bits per heavy atom. The van der Waals surface area contributed by atoms with E-state index >= 15 is 0 Å². The number of carboxylic acids is 1. The number of hydrogen-bond donors (Lipinski definition) is 2. The van der Waals surface area contributed by atoms with Gasteiger partial charge < -0.3 is 10.4 Å². The fourth-order valence-electron chi connectivity index (χ4n) is 1.64. The van der Waals surface area contributed by atoms with Gasteiger partial charge in [0.05, 0.1) is 11.9 Å². The van der Waals surface area contributed by atoms with Gasteiger partial charge in [-0.1, -0.05) is 5.21 Å². The van der Waals surface area contributed by atoms with E-state index in [2.05, 4.69) is 20.6 Å². The number of nitrogens with one attached hydrogen (secondary N) is 1. The van der Waals surface area contributed by atoms with Gasteiger partial charge in [-0.25, -0.2) is 18.9 Å². The topological polar surface area (TPSA) is 110 Å². The van der Waals surface area contributed by atoms with Crippen molar-refractivity contribution in [3.8, 4) is 11.4 Å². The molecule has 2 heterocycles. The van der Waals surface area contributed by atoms with Crippen LogP contribution in [0.1, 0.15) is 17.4 Å². The predicted octanol–water partition coefficient (Wildman–Crippen LogP) is 0.673. The normalized spacial score (nSPS) is 10.3. The molecule has 0 aromatic carbocycles. The van der Waals surface area contributed by atoms with Crippen LogP contribution in [0.25, 0.3) is 11.4 Å². The van der Waals surface area contributed by atoms with Gasteiger partial charge in [0.1, 0.15) is 11.4 Å². The van der Waals surface area contributed by atoms with Gasteiger partial charge in [-0.05, 0) is 0 Å². The Hall–Kier alpha value is -2.84. The number of nitrogens with zero attached hydrogens (tertiary/aromatic N) is 4. The number of aromatic carboxylic acids is 1. The van der Waals surface area contributed by atoms with Crippen molar-refractivity contribution >= 4 is 17.6 Å². The average Bonchev–Trinajstić information content (AvgIpc) is 2.70. The van der Waals surface area contributed by atoms with E-state index in [1.165, 1.54) is 20.2 Å². The lowest BCUT2D eigenvalue weighted by atomic mass is 10.2. The predicted molar refractivity (Wildman–Crippen MR) is 65.5 cm³/mol. The Kier molecular flexibility index (Phi) is 3.42. The van der Waals surface area contributed by atoms with Crippen molar-refractivity contribution in [2.24, 2.45) is 7.05 Å². The molecular formula is C11H10FN5O3. The molecule has 104 valence electrons. The van der Waals surface area contributed by atoms with E-state index in [0.29, 0.717) is 0 Å². The number of rotatable bonds is 3. The Labute approximate surface area is 112 Å². The highest BCUT2D eigenvalue weighted by atomic mass is 19.1. The van der Waals surface area contributed by atoms with Gasteiger partial charge in [-0.2, -0.15) is 0 Å². The Bertz CT molecular complexity index is 697. The van der Waals surface area contributed by atoms with Crippen LogP contribution in [0.3, 0.4) is 0 Å². The van der Waals surface area contributed by atoms with Crippen LogP contribution in [0.5, 0.6) is 0 Å². The number of pyridine rings is 1. The maximum absolute atomic E-state index is 14.0. The molecule has 0 spiro atoms. The molecule has 0 aliphatic heterocycles. The fraction of sp³-hybridized carbons (Fsp3) is 0.182. The van der Waals surface area contributed by atoms with Crippen molar-refractivity contribution in [3.63, 3.8) is 0 Å². The smallest absolute Gasteiger partial charge is 0.356 e. The second-order valence-electron chi connectivity index (χ2n) is 3.95. The van der Waals surface area contributed by atoms with Gasteiger partial charge in [-0.3, -0.25) is 4.79 Å². The van der Waals surface area contributed by atoms with Gasteiger partial charge >= 0.3 is 5.97 Å². The van der Waals surface area contributed by atoms with Gasteiger partial charge in [-0.15, -0.1) is 5.10 Å². The third-order valence-electron chi connectivity index (χ3n) is 2.42. The quantitative estimate of drug-likeness (QED) is 0.854. The molecule has 0 aliphatic rings. The highest BCUT2D eigenvalue weighted by molar-refractivity contribution is 5.92. The summed E-state index contributed by atoms with van der Waals surface area (Å²) in [7, 11) is 1.38. The molecule has 2 aromatic heterocycles. The summed E-state index contributed by atoms with van der Waals surface area (Å²) in [6.07, 6.45) is 1.21. The summed E-state index contributed by atoms with van der Waals surface area (Å²) in [4.78, 5) is 25.7. The van der Waals surface area contributed by atoms with Crippen LogP contribution in [0, 0.1) is 5.82 Å². The Morgan fingerprint density at radius 2 is 2.10 bits per heavy atom. The maximum atomic E-state index is 14.0. The van der Waals surface area contributed by atoms with Gasteiger partial charge in [0.15, 0.2) is 11.5 Å². The molecule has 0 saturated carbocycles. The maximum Gasteiger partial charge on any atom is 0.356 e. The van der Waals surface area contributed by atoms with E-state index in [9.17, 15) is 14.0 Å². The van der Waals surface area contributed by atoms with Crippen molar-refractivity contribution in [2.75, 3.05) is 5.32 Å². The van der Waals surface area contributed by atoms with E-state index < -0.39 is 11.8 Å². The largest absolute Gasteiger partial charge is 0.476 e. The molecule has 0 aliphatic carbocycles. The summed E-state index contributed by atoms with van der Waals surface area (Å²) < 4.78 is 15.0. The monoisotopic (exact) mass is 279 g/mol. The summed E-state index contributed by atoms with van der Waals surface area (Å²) in [5.74, 6) is -2.47. The van der Waals surface area contributed by atoms with Gasteiger partial charge in [0, 0.05) is 20.0 Å². The minimum Gasteiger partial charge on any atom is -0.476 e. The first-order chi connectivity index (χ1) is 9.40. The number of aromatic nitrogens is 4. The first kappa shape index (κ1) is 13.6. The molecule has 1 amide bonds. The lowest BCUT2D eigenvalue weighted by Crippen LogP contribution is -2.09. The molecule has 8 nitrogen and oxygen atoms in total. The lowest BCUT2D eigenvalue weighted by Gasteiger charge is -2.04. The van der Waals surface area contributed by atoms with Crippen molar-refractivity contribution < 1.29 is 19.1 Å². The molecule has 0 radical (unpaired) electrons. The molecule has 2 rings (SSSR count). The zero-order valence-corrected chi connectivity index (χ0v) is 10.6. The van der Waals surface area contributed by atoms with Crippen LogP contribution < -0.4 is 5.32 Å². The van der Waals surface area contributed by atoms with Crippen molar-refractivity contribution in [1.82, 2.24) is 20.0 Å². The first-order valence-corrected chi connectivity index (χ1v) is 5.46. The Balaban J connectivity index is 2.49. The average molecular weight is 279 g/mol. The van der Waals surface area contributed by atoms with Gasteiger partial charge in [0.25, 0.3) is 0 Å². The minimum absolute atomic E-state index is 0.166. The standard InChI is InChI=1S/C11H10FN5O3/c1-5(18)14-6-3-7(12)8(13-4-6)9-10(11(19)20)17(2)16-15-9/h3-4H,1-2H3,(H,14,18)(H,19,20). The molecule has 0 bridgehead atoms. The fourth-order valence-corrected chi connectivity index (χ4v) is 1.64. The number of amides is 1. The molecule has 0 atom stereocenters. The molecule has 0 unspecified atom stereocenters. The molecule has 0 saturated heterocycles. The summed E-state index contributed by atoms with van der Waals surface area (Å²) in [5.41, 5.74) is -0.528. The zero-order chi connectivity index (χ0) is 14.9. The minimum atomic E-state index is -1.29. The number of hydrogen-bond acceptors (Lipinski definition) is 5. The van der Waals surface area contributed by atoms with Crippen LogP contribution in [0.4, 0.5) is 10.1 Å². The van der Waals surface area contributed by atoms with E-state index in [1.807, 2.05) is 0 Å².